The van der Waals surface area contributed by atoms with Crippen molar-refractivity contribution in [2.45, 2.75) is 9.79 Å². The van der Waals surface area contributed by atoms with Gasteiger partial charge >= 0.3 is 0 Å². The molecule has 0 fully saturated rings. The summed E-state index contributed by atoms with van der Waals surface area (Å²) >= 11 is 0. The first-order chi connectivity index (χ1) is 10.9. The Morgan fingerprint density at radius 1 is 1.04 bits per heavy atom. The zero-order valence-electron chi connectivity index (χ0n) is 12.6. The molecule has 1 atom stereocenters. The molecule has 0 spiro atoms. The first-order valence-corrected chi connectivity index (χ1v) is 10.1. The lowest BCUT2D eigenvalue weighted by Crippen LogP contribution is -2.29. The first kappa shape index (κ1) is 17.4. The predicted molar refractivity (Wildman–Crippen MR) is 89.6 cm³/mol. The van der Waals surface area contributed by atoms with Crippen molar-refractivity contribution in [1.29, 1.82) is 0 Å². The molecule has 2 aromatic rings. The molecule has 0 aliphatic carbocycles. The second-order valence-corrected chi connectivity index (χ2v) is 8.36. The van der Waals surface area contributed by atoms with Crippen molar-refractivity contribution in [3.63, 3.8) is 0 Å². The highest BCUT2D eigenvalue weighted by Gasteiger charge is 2.14. The van der Waals surface area contributed by atoms with Gasteiger partial charge in [-0.15, -0.1) is 0 Å². The summed E-state index contributed by atoms with van der Waals surface area (Å²) in [6.07, 6.45) is 1.56. The van der Waals surface area contributed by atoms with Crippen LogP contribution in [0, 0.1) is 0 Å². The molecule has 0 radical (unpaired) electrons. The minimum Gasteiger partial charge on any atom is -0.351 e. The number of nitrogens with one attached hydrogen (secondary N) is 1. The third-order valence-corrected chi connectivity index (χ3v) is 5.88. The summed E-state index contributed by atoms with van der Waals surface area (Å²) in [4.78, 5) is 12.8. The normalized spacial score (nSPS) is 12.6. The molecule has 0 heterocycles. The van der Waals surface area contributed by atoms with Crippen molar-refractivity contribution in [2.75, 3.05) is 18.6 Å². The second-order valence-electron chi connectivity index (χ2n) is 4.87. The van der Waals surface area contributed by atoms with E-state index in [-0.39, 0.29) is 23.1 Å². The van der Waals surface area contributed by atoms with E-state index in [9.17, 15) is 17.4 Å². The molecular weight excluding hydrogens is 334 g/mol. The lowest BCUT2D eigenvalue weighted by molar-refractivity contribution is 0.0956. The Bertz CT molecular complexity index is 800. The van der Waals surface area contributed by atoms with Crippen molar-refractivity contribution in [3.8, 4) is 0 Å². The highest BCUT2D eigenvalue weighted by molar-refractivity contribution is 7.91. The van der Waals surface area contributed by atoms with Crippen LogP contribution in [0.3, 0.4) is 0 Å². The number of hydrogen-bond donors (Lipinski definition) is 1. The summed E-state index contributed by atoms with van der Waals surface area (Å²) < 4.78 is 35.5. The molecule has 5 nitrogen and oxygen atoms in total. The zero-order valence-corrected chi connectivity index (χ0v) is 14.2. The Morgan fingerprint density at radius 3 is 2.22 bits per heavy atom. The van der Waals surface area contributed by atoms with E-state index in [1.54, 1.807) is 48.7 Å². The number of carbonyl (C=O) groups is 1. The van der Waals surface area contributed by atoms with Crippen LogP contribution in [-0.2, 0) is 20.6 Å². The van der Waals surface area contributed by atoms with Crippen LogP contribution in [0.5, 0.6) is 0 Å². The van der Waals surface area contributed by atoms with Gasteiger partial charge < -0.3 is 5.32 Å². The summed E-state index contributed by atoms with van der Waals surface area (Å²) in [5.74, 6) is -0.526. The van der Waals surface area contributed by atoms with Crippen molar-refractivity contribution < 1.29 is 17.4 Å². The zero-order chi connectivity index (χ0) is 16.9. The van der Waals surface area contributed by atoms with Crippen molar-refractivity contribution in [3.05, 3.63) is 60.2 Å². The van der Waals surface area contributed by atoms with Gasteiger partial charge in [-0.1, -0.05) is 18.2 Å². The Balaban J connectivity index is 1.93. The number of amides is 1. The highest BCUT2D eigenvalue weighted by Crippen LogP contribution is 2.10. The van der Waals surface area contributed by atoms with Crippen molar-refractivity contribution >= 4 is 26.5 Å². The molecule has 122 valence electrons. The Labute approximate surface area is 138 Å². The molecule has 0 bridgehead atoms. The summed E-state index contributed by atoms with van der Waals surface area (Å²) in [7, 11) is -4.51. The van der Waals surface area contributed by atoms with Crippen molar-refractivity contribution in [2.24, 2.45) is 0 Å². The van der Waals surface area contributed by atoms with E-state index in [2.05, 4.69) is 5.32 Å². The highest BCUT2D eigenvalue weighted by atomic mass is 32.2. The van der Waals surface area contributed by atoms with Gasteiger partial charge in [-0.05, 0) is 36.4 Å². The standard InChI is InChI=1S/C16H17NO4S2/c1-22(19)14-9-7-13(8-10-14)16(18)17-11-12-23(20,21)15-5-3-2-4-6-15/h2-10H,11-12H2,1H3,(H,17,18)/t22-/m0/s1. The van der Waals surface area contributed by atoms with Gasteiger partial charge in [0.2, 0.25) is 0 Å². The van der Waals surface area contributed by atoms with E-state index in [1.165, 1.54) is 12.1 Å². The van der Waals surface area contributed by atoms with E-state index in [4.69, 9.17) is 0 Å². The van der Waals surface area contributed by atoms with Gasteiger partial charge in [-0.2, -0.15) is 0 Å². The van der Waals surface area contributed by atoms with Gasteiger partial charge in [0.15, 0.2) is 9.84 Å². The predicted octanol–water partition coefficient (Wildman–Crippen LogP) is 1.63. The lowest BCUT2D eigenvalue weighted by atomic mass is 10.2. The van der Waals surface area contributed by atoms with Crippen LogP contribution in [0.2, 0.25) is 0 Å². The maximum atomic E-state index is 12.1. The van der Waals surface area contributed by atoms with Gasteiger partial charge in [0, 0.05) is 34.1 Å². The number of benzene rings is 2. The first-order valence-electron chi connectivity index (χ1n) is 6.89. The quantitative estimate of drug-likeness (QED) is 0.858. The van der Waals surface area contributed by atoms with Crippen LogP contribution in [0.15, 0.2) is 64.4 Å². The van der Waals surface area contributed by atoms with Gasteiger partial charge in [0.1, 0.15) is 0 Å². The average Bonchev–Trinajstić information content (AvgIpc) is 2.55. The second kappa shape index (κ2) is 7.52. The summed E-state index contributed by atoms with van der Waals surface area (Å²) in [6.45, 7) is 0.0253. The smallest absolute Gasteiger partial charge is 0.251 e. The monoisotopic (exact) mass is 351 g/mol. The number of rotatable bonds is 6. The fourth-order valence-corrected chi connectivity index (χ4v) is 3.64. The number of sulfone groups is 1. The van der Waals surface area contributed by atoms with E-state index in [0.717, 1.165) is 0 Å². The SMILES string of the molecule is C[S@](=O)c1ccc(C(=O)NCCS(=O)(=O)c2ccccc2)cc1. The molecule has 2 aromatic carbocycles. The van der Waals surface area contributed by atoms with Crippen LogP contribution in [-0.4, -0.2) is 37.1 Å². The number of hydrogen-bond acceptors (Lipinski definition) is 4. The molecule has 0 saturated heterocycles. The molecule has 2 rings (SSSR count). The fourth-order valence-electron chi connectivity index (χ4n) is 1.94. The minimum atomic E-state index is -3.41. The summed E-state index contributed by atoms with van der Waals surface area (Å²) in [5, 5.41) is 2.58. The Hall–Kier alpha value is -1.99. The Morgan fingerprint density at radius 2 is 1.65 bits per heavy atom. The minimum absolute atomic E-state index is 0.0253. The molecule has 23 heavy (non-hydrogen) atoms. The molecule has 1 amide bonds. The van der Waals surface area contributed by atoms with Gasteiger partial charge in [-0.25, -0.2) is 8.42 Å². The molecule has 0 unspecified atom stereocenters. The molecule has 7 heteroatoms. The van der Waals surface area contributed by atoms with Crippen LogP contribution < -0.4 is 5.32 Å². The maximum Gasteiger partial charge on any atom is 0.251 e. The third kappa shape index (κ3) is 4.74. The molecular formula is C16H17NO4S2. The third-order valence-electron chi connectivity index (χ3n) is 3.21. The maximum absolute atomic E-state index is 12.1. The largest absolute Gasteiger partial charge is 0.351 e. The Kier molecular flexibility index (Phi) is 5.68. The van der Waals surface area contributed by atoms with Crippen LogP contribution in [0.25, 0.3) is 0 Å². The van der Waals surface area contributed by atoms with E-state index >= 15 is 0 Å². The van der Waals surface area contributed by atoms with Crippen LogP contribution in [0.1, 0.15) is 10.4 Å². The van der Waals surface area contributed by atoms with Gasteiger partial charge in [0.05, 0.1) is 10.6 Å². The van der Waals surface area contributed by atoms with E-state index in [1.807, 2.05) is 0 Å². The topological polar surface area (TPSA) is 80.3 Å². The van der Waals surface area contributed by atoms with Crippen LogP contribution in [0.4, 0.5) is 0 Å². The lowest BCUT2D eigenvalue weighted by Gasteiger charge is -2.07. The summed E-state index contributed by atoms with van der Waals surface area (Å²) in [6, 6.07) is 14.5. The summed E-state index contributed by atoms with van der Waals surface area (Å²) in [5.41, 5.74) is 0.399. The molecule has 1 N–H and O–H groups in total. The molecule has 0 aliphatic rings. The molecule has 0 saturated carbocycles. The van der Waals surface area contributed by atoms with Gasteiger partial charge in [-0.3, -0.25) is 9.00 Å². The van der Waals surface area contributed by atoms with Crippen LogP contribution >= 0.6 is 0 Å². The van der Waals surface area contributed by atoms with E-state index < -0.39 is 20.6 Å². The molecule has 0 aromatic heterocycles. The van der Waals surface area contributed by atoms with Gasteiger partial charge in [0.25, 0.3) is 5.91 Å². The molecule has 0 aliphatic heterocycles. The average molecular weight is 351 g/mol. The van der Waals surface area contributed by atoms with E-state index in [0.29, 0.717) is 10.5 Å². The van der Waals surface area contributed by atoms with Crippen molar-refractivity contribution in [1.82, 2.24) is 5.32 Å². The fraction of sp³-hybridized carbons (Fsp3) is 0.188. The number of carbonyl (C=O) groups excluding carboxylic acids is 1.